The SMILES string of the molecule is COc1ccc([C@@H](C)CN(C/C=C\CN2C=Cc3cc(OC)c(OC)cc3CC2=O)C/C=C\CN2C=Cc3cc(OC)c(OC)cc3CC2=O)cc1OC. The maximum absolute atomic E-state index is 13.2. The Hall–Kier alpha value is -5.68. The fourth-order valence-electron chi connectivity index (χ4n) is 6.55. The number of nitrogens with zero attached hydrogens (tertiary/aromatic N) is 3. The van der Waals surface area contributed by atoms with Crippen LogP contribution in [0.1, 0.15) is 40.7 Å². The lowest BCUT2D eigenvalue weighted by atomic mass is 10.00. The summed E-state index contributed by atoms with van der Waals surface area (Å²) in [6.45, 7) is 5.14. The molecule has 0 N–H and O–H groups in total. The minimum Gasteiger partial charge on any atom is -0.493 e. The van der Waals surface area contributed by atoms with Crippen LogP contribution in [0.25, 0.3) is 12.2 Å². The van der Waals surface area contributed by atoms with Crippen LogP contribution in [0.4, 0.5) is 0 Å². The number of hydrogen-bond donors (Lipinski definition) is 0. The van der Waals surface area contributed by atoms with E-state index in [1.165, 1.54) is 0 Å². The van der Waals surface area contributed by atoms with E-state index in [9.17, 15) is 9.59 Å². The molecule has 286 valence electrons. The average molecular weight is 738 g/mol. The second kappa shape index (κ2) is 18.9. The van der Waals surface area contributed by atoms with Gasteiger partial charge < -0.3 is 38.2 Å². The molecule has 1 atom stereocenters. The first-order valence-electron chi connectivity index (χ1n) is 17.9. The lowest BCUT2D eigenvalue weighted by Crippen LogP contribution is -2.30. The minimum absolute atomic E-state index is 0.00205. The molecule has 2 aliphatic heterocycles. The van der Waals surface area contributed by atoms with Gasteiger partial charge in [-0.1, -0.05) is 37.3 Å². The van der Waals surface area contributed by atoms with E-state index in [1.807, 2.05) is 73.1 Å². The van der Waals surface area contributed by atoms with Crippen molar-refractivity contribution in [3.8, 4) is 34.5 Å². The molecule has 3 aromatic rings. The lowest BCUT2D eigenvalue weighted by molar-refractivity contribution is -0.128. The number of methoxy groups -OCH3 is 6. The van der Waals surface area contributed by atoms with Gasteiger partial charge in [0.1, 0.15) is 0 Å². The number of hydrogen-bond acceptors (Lipinski definition) is 9. The largest absolute Gasteiger partial charge is 0.493 e. The number of rotatable bonds is 17. The van der Waals surface area contributed by atoms with Crippen LogP contribution in [0.2, 0.25) is 0 Å². The summed E-state index contributed by atoms with van der Waals surface area (Å²) in [6, 6.07) is 13.6. The Morgan fingerprint density at radius 1 is 0.593 bits per heavy atom. The van der Waals surface area contributed by atoms with E-state index >= 15 is 0 Å². The molecule has 11 nitrogen and oxygen atoms in total. The molecule has 0 spiro atoms. The van der Waals surface area contributed by atoms with Gasteiger partial charge in [-0.25, -0.2) is 0 Å². The highest BCUT2D eigenvalue weighted by Gasteiger charge is 2.21. The Bertz CT molecular complexity index is 1810. The average Bonchev–Trinajstić information content (AvgIpc) is 3.44. The molecule has 0 radical (unpaired) electrons. The van der Waals surface area contributed by atoms with Gasteiger partial charge in [0, 0.05) is 45.1 Å². The van der Waals surface area contributed by atoms with Gasteiger partial charge in [-0.15, -0.1) is 0 Å². The van der Waals surface area contributed by atoms with Gasteiger partial charge in [0.05, 0.1) is 55.5 Å². The molecule has 0 bridgehead atoms. The predicted octanol–water partition coefficient (Wildman–Crippen LogP) is 6.37. The molecule has 5 rings (SSSR count). The van der Waals surface area contributed by atoms with Crippen LogP contribution in [-0.4, -0.2) is 102 Å². The Morgan fingerprint density at radius 2 is 1.02 bits per heavy atom. The van der Waals surface area contributed by atoms with Gasteiger partial charge in [0.2, 0.25) is 11.8 Å². The van der Waals surface area contributed by atoms with E-state index in [0.717, 1.165) is 34.4 Å². The smallest absolute Gasteiger partial charge is 0.231 e. The topological polar surface area (TPSA) is 99.2 Å². The highest BCUT2D eigenvalue weighted by atomic mass is 16.5. The van der Waals surface area contributed by atoms with E-state index in [2.05, 4.69) is 30.0 Å². The highest BCUT2D eigenvalue weighted by Crippen LogP contribution is 2.34. The van der Waals surface area contributed by atoms with Crippen molar-refractivity contribution in [2.45, 2.75) is 25.7 Å². The van der Waals surface area contributed by atoms with Gasteiger partial charge in [0.15, 0.2) is 34.5 Å². The Morgan fingerprint density at radius 3 is 1.46 bits per heavy atom. The number of amides is 2. The second-order valence-corrected chi connectivity index (χ2v) is 13.1. The summed E-state index contributed by atoms with van der Waals surface area (Å²) in [5.41, 5.74) is 4.77. The molecule has 0 aliphatic carbocycles. The first-order valence-corrected chi connectivity index (χ1v) is 17.9. The normalized spacial score (nSPS) is 14.6. The van der Waals surface area contributed by atoms with Crippen molar-refractivity contribution in [1.82, 2.24) is 14.7 Å². The van der Waals surface area contributed by atoms with E-state index in [0.29, 0.717) is 60.7 Å². The van der Waals surface area contributed by atoms with E-state index < -0.39 is 0 Å². The van der Waals surface area contributed by atoms with Gasteiger partial charge >= 0.3 is 0 Å². The van der Waals surface area contributed by atoms with Crippen molar-refractivity contribution >= 4 is 24.0 Å². The molecule has 2 heterocycles. The summed E-state index contributed by atoms with van der Waals surface area (Å²) >= 11 is 0. The number of carbonyl (C=O) groups is 2. The summed E-state index contributed by atoms with van der Waals surface area (Å²) < 4.78 is 32.8. The third kappa shape index (κ3) is 9.64. The molecule has 2 amide bonds. The van der Waals surface area contributed by atoms with Crippen LogP contribution >= 0.6 is 0 Å². The number of carbonyl (C=O) groups excluding carboxylic acids is 2. The fraction of sp³-hybridized carbons (Fsp3) is 0.349. The summed E-state index contributed by atoms with van der Waals surface area (Å²) in [5.74, 6) is 4.01. The molecule has 3 aromatic carbocycles. The van der Waals surface area contributed by atoms with Crippen molar-refractivity contribution in [3.05, 3.63) is 107 Å². The second-order valence-electron chi connectivity index (χ2n) is 13.1. The summed E-state index contributed by atoms with van der Waals surface area (Å²) in [4.78, 5) is 32.2. The Labute approximate surface area is 318 Å². The molecule has 0 unspecified atom stereocenters. The fourth-order valence-corrected chi connectivity index (χ4v) is 6.55. The van der Waals surface area contributed by atoms with Gasteiger partial charge in [0.25, 0.3) is 0 Å². The van der Waals surface area contributed by atoms with Crippen molar-refractivity contribution in [2.75, 3.05) is 75.4 Å². The van der Waals surface area contributed by atoms with Crippen LogP contribution < -0.4 is 28.4 Å². The first kappa shape index (κ1) is 39.5. The Balaban J connectivity index is 1.25. The zero-order chi connectivity index (χ0) is 38.6. The van der Waals surface area contributed by atoms with Crippen molar-refractivity contribution in [1.29, 1.82) is 0 Å². The van der Waals surface area contributed by atoms with Gasteiger partial charge in [-0.3, -0.25) is 14.5 Å². The van der Waals surface area contributed by atoms with Crippen LogP contribution in [0.3, 0.4) is 0 Å². The quantitative estimate of drug-likeness (QED) is 0.147. The van der Waals surface area contributed by atoms with Gasteiger partial charge in [-0.2, -0.15) is 0 Å². The van der Waals surface area contributed by atoms with Gasteiger partial charge in [-0.05, 0) is 82.3 Å². The number of fused-ring (bicyclic) bond motifs is 2. The zero-order valence-corrected chi connectivity index (χ0v) is 32.3. The third-order valence-corrected chi connectivity index (χ3v) is 9.66. The Kier molecular flexibility index (Phi) is 13.8. The van der Waals surface area contributed by atoms with E-state index in [-0.39, 0.29) is 30.6 Å². The third-order valence-electron chi connectivity index (χ3n) is 9.66. The molecule has 0 saturated carbocycles. The van der Waals surface area contributed by atoms with E-state index in [1.54, 1.807) is 52.5 Å². The molecule has 11 heteroatoms. The predicted molar refractivity (Wildman–Crippen MR) is 211 cm³/mol. The van der Waals surface area contributed by atoms with Crippen molar-refractivity contribution in [2.24, 2.45) is 0 Å². The lowest BCUT2D eigenvalue weighted by Gasteiger charge is -2.24. The van der Waals surface area contributed by atoms with Crippen LogP contribution in [0.15, 0.2) is 79.2 Å². The molecule has 0 fully saturated rings. The van der Waals surface area contributed by atoms with Crippen LogP contribution in [-0.2, 0) is 22.4 Å². The molecular formula is C43H51N3O8. The number of benzene rings is 3. The summed E-state index contributed by atoms with van der Waals surface area (Å²) in [5, 5.41) is 0. The molecule has 54 heavy (non-hydrogen) atoms. The maximum Gasteiger partial charge on any atom is 0.231 e. The standard InChI is InChI=1S/C43H51N3O8/c1-30(31-12-13-36(49-2)37(22-31)50-3)29-44(16-8-10-18-45-20-14-32-23-38(51-4)40(53-6)25-34(32)27-42(45)47)17-9-11-19-46-21-15-33-24-39(52-5)41(54-7)26-35(33)28-43(46)48/h8-15,20-26,30H,16-19,27-29H2,1-7H3/b10-8-,11-9-/t30-/m0/s1. The highest BCUT2D eigenvalue weighted by molar-refractivity contribution is 5.85. The summed E-state index contributed by atoms with van der Waals surface area (Å²) in [7, 11) is 9.65. The summed E-state index contributed by atoms with van der Waals surface area (Å²) in [6.07, 6.45) is 16.3. The molecule has 0 aromatic heterocycles. The molecular weight excluding hydrogens is 686 g/mol. The first-order chi connectivity index (χ1) is 26.2. The van der Waals surface area contributed by atoms with Crippen molar-refractivity contribution in [3.63, 3.8) is 0 Å². The molecule has 0 saturated heterocycles. The molecule has 2 aliphatic rings. The van der Waals surface area contributed by atoms with E-state index in [4.69, 9.17) is 28.4 Å². The minimum atomic E-state index is 0.00205. The number of ether oxygens (including phenoxy) is 6. The van der Waals surface area contributed by atoms with Crippen LogP contribution in [0, 0.1) is 0 Å². The maximum atomic E-state index is 13.2. The van der Waals surface area contributed by atoms with Crippen LogP contribution in [0.5, 0.6) is 34.5 Å². The van der Waals surface area contributed by atoms with Crippen molar-refractivity contribution < 1.29 is 38.0 Å². The zero-order valence-electron chi connectivity index (χ0n) is 32.3. The monoisotopic (exact) mass is 737 g/mol.